The maximum Gasteiger partial charge on any atom is 0.338 e. The van der Waals surface area contributed by atoms with Crippen LogP contribution in [-0.2, 0) is 0 Å². The van der Waals surface area contributed by atoms with Crippen LogP contribution in [-0.4, -0.2) is 37.9 Å². The zero-order valence-corrected chi connectivity index (χ0v) is 9.99. The van der Waals surface area contributed by atoms with Crippen molar-refractivity contribution in [1.29, 1.82) is 0 Å². The van der Waals surface area contributed by atoms with Crippen LogP contribution in [0.5, 0.6) is 5.75 Å². The van der Waals surface area contributed by atoms with Gasteiger partial charge in [-0.05, 0) is 12.1 Å². The van der Waals surface area contributed by atoms with Gasteiger partial charge in [0.2, 0.25) is 5.95 Å². The fraction of sp³-hybridized carbons (Fsp3) is 0.0833. The van der Waals surface area contributed by atoms with E-state index in [1.807, 2.05) is 12.1 Å². The predicted octanol–water partition coefficient (Wildman–Crippen LogP) is 1.46. The number of ether oxygens (including phenoxy) is 1. The van der Waals surface area contributed by atoms with E-state index in [4.69, 9.17) is 9.84 Å². The molecular weight excluding hydrogens is 248 g/mol. The minimum atomic E-state index is -1.02. The lowest BCUT2D eigenvalue weighted by molar-refractivity contribution is 0.0697. The molecule has 0 unspecified atom stereocenters. The summed E-state index contributed by atoms with van der Waals surface area (Å²) in [6.45, 7) is 0. The van der Waals surface area contributed by atoms with Crippen LogP contribution in [0, 0.1) is 0 Å². The van der Waals surface area contributed by atoms with Gasteiger partial charge >= 0.3 is 5.97 Å². The summed E-state index contributed by atoms with van der Waals surface area (Å²) < 4.78 is 6.50. The first kappa shape index (κ1) is 11.3. The number of methoxy groups -OCH3 is 1. The van der Waals surface area contributed by atoms with Crippen LogP contribution in [0.4, 0.5) is 0 Å². The van der Waals surface area contributed by atoms with Crippen LogP contribution in [0.25, 0.3) is 17.0 Å². The molecule has 2 heterocycles. The second kappa shape index (κ2) is 4.13. The molecule has 2 N–H and O–H groups in total. The zero-order chi connectivity index (χ0) is 13.4. The largest absolute Gasteiger partial charge is 0.497 e. The average Bonchev–Trinajstić information content (AvgIpc) is 3.04. The first-order chi connectivity index (χ1) is 9.17. The molecule has 0 amide bonds. The van der Waals surface area contributed by atoms with Gasteiger partial charge < -0.3 is 14.8 Å². The molecule has 96 valence electrons. The van der Waals surface area contributed by atoms with Crippen molar-refractivity contribution in [2.75, 3.05) is 7.11 Å². The number of nitrogens with zero attached hydrogens (tertiary/aromatic N) is 3. The van der Waals surface area contributed by atoms with Gasteiger partial charge in [0, 0.05) is 12.3 Å². The van der Waals surface area contributed by atoms with E-state index in [2.05, 4.69) is 15.1 Å². The van der Waals surface area contributed by atoms with Gasteiger partial charge in [0.15, 0.2) is 0 Å². The number of benzene rings is 1. The second-order valence-corrected chi connectivity index (χ2v) is 3.92. The highest BCUT2D eigenvalue weighted by molar-refractivity contribution is 5.87. The molecule has 0 aliphatic heterocycles. The Balaban J connectivity index is 2.06. The Labute approximate surface area is 107 Å². The predicted molar refractivity (Wildman–Crippen MR) is 66.7 cm³/mol. The SMILES string of the molecule is COc1ccc2[nH]c(-n3cc(C(=O)O)cn3)nc2c1. The number of H-pyrrole nitrogens is 1. The summed E-state index contributed by atoms with van der Waals surface area (Å²) in [6.07, 6.45) is 2.67. The van der Waals surface area contributed by atoms with Crippen molar-refractivity contribution in [2.24, 2.45) is 0 Å². The minimum Gasteiger partial charge on any atom is -0.497 e. The third-order valence-corrected chi connectivity index (χ3v) is 2.72. The standard InChI is InChI=1S/C12H10N4O3/c1-19-8-2-3-9-10(4-8)15-12(14-9)16-6-7(5-13-16)11(17)18/h2-6H,1H3,(H,14,15)(H,17,18). The lowest BCUT2D eigenvalue weighted by Crippen LogP contribution is -1.97. The summed E-state index contributed by atoms with van der Waals surface area (Å²) in [5.74, 6) is 0.136. The van der Waals surface area contributed by atoms with Crippen LogP contribution >= 0.6 is 0 Å². The molecule has 0 saturated heterocycles. The molecule has 0 spiro atoms. The van der Waals surface area contributed by atoms with Crippen molar-refractivity contribution in [2.45, 2.75) is 0 Å². The average molecular weight is 258 g/mol. The van der Waals surface area contributed by atoms with E-state index in [-0.39, 0.29) is 5.56 Å². The third-order valence-electron chi connectivity index (χ3n) is 2.72. The summed E-state index contributed by atoms with van der Waals surface area (Å²) in [5, 5.41) is 12.8. The smallest absolute Gasteiger partial charge is 0.338 e. The van der Waals surface area contributed by atoms with Crippen molar-refractivity contribution in [3.63, 3.8) is 0 Å². The quantitative estimate of drug-likeness (QED) is 0.741. The topological polar surface area (TPSA) is 93.0 Å². The van der Waals surface area contributed by atoms with Crippen LogP contribution in [0.15, 0.2) is 30.6 Å². The Hall–Kier alpha value is -2.83. The molecule has 3 aromatic rings. The zero-order valence-electron chi connectivity index (χ0n) is 9.99. The highest BCUT2D eigenvalue weighted by Gasteiger charge is 2.10. The van der Waals surface area contributed by atoms with Gasteiger partial charge in [-0.2, -0.15) is 5.10 Å². The molecule has 0 bridgehead atoms. The number of fused-ring (bicyclic) bond motifs is 1. The van der Waals surface area contributed by atoms with Gasteiger partial charge in [-0.15, -0.1) is 0 Å². The third kappa shape index (κ3) is 1.90. The molecule has 19 heavy (non-hydrogen) atoms. The fourth-order valence-corrected chi connectivity index (χ4v) is 1.76. The molecule has 7 heteroatoms. The summed E-state index contributed by atoms with van der Waals surface area (Å²) >= 11 is 0. The van der Waals surface area contributed by atoms with Gasteiger partial charge in [-0.25, -0.2) is 14.5 Å². The van der Waals surface area contributed by atoms with Gasteiger partial charge in [0.25, 0.3) is 0 Å². The Morgan fingerprint density at radius 1 is 1.47 bits per heavy atom. The Morgan fingerprint density at radius 3 is 3.00 bits per heavy atom. The molecule has 0 aliphatic carbocycles. The van der Waals surface area contributed by atoms with E-state index >= 15 is 0 Å². The van der Waals surface area contributed by atoms with E-state index in [1.54, 1.807) is 13.2 Å². The number of aromatic carboxylic acids is 1. The molecule has 3 rings (SSSR count). The molecule has 2 aromatic heterocycles. The highest BCUT2D eigenvalue weighted by atomic mass is 16.5. The van der Waals surface area contributed by atoms with Crippen molar-refractivity contribution in [3.05, 3.63) is 36.2 Å². The molecule has 0 atom stereocenters. The molecule has 0 aliphatic rings. The number of carboxylic acids is 1. The number of hydrogen-bond acceptors (Lipinski definition) is 4. The van der Waals surface area contributed by atoms with E-state index in [0.29, 0.717) is 11.7 Å². The van der Waals surface area contributed by atoms with Gasteiger partial charge in [0.1, 0.15) is 5.75 Å². The van der Waals surface area contributed by atoms with Gasteiger partial charge in [-0.3, -0.25) is 0 Å². The Morgan fingerprint density at radius 2 is 2.32 bits per heavy atom. The number of carbonyl (C=O) groups is 1. The van der Waals surface area contributed by atoms with Crippen LogP contribution < -0.4 is 4.74 Å². The lowest BCUT2D eigenvalue weighted by Gasteiger charge is -1.96. The number of aromatic nitrogens is 4. The van der Waals surface area contributed by atoms with Crippen molar-refractivity contribution in [3.8, 4) is 11.7 Å². The van der Waals surface area contributed by atoms with Crippen molar-refractivity contribution >= 4 is 17.0 Å². The van der Waals surface area contributed by atoms with E-state index < -0.39 is 5.97 Å². The van der Waals surface area contributed by atoms with Crippen LogP contribution in [0.3, 0.4) is 0 Å². The van der Waals surface area contributed by atoms with E-state index in [0.717, 1.165) is 11.0 Å². The molecule has 0 saturated carbocycles. The maximum atomic E-state index is 10.8. The van der Waals surface area contributed by atoms with Crippen molar-refractivity contribution in [1.82, 2.24) is 19.7 Å². The fourth-order valence-electron chi connectivity index (χ4n) is 1.76. The minimum absolute atomic E-state index is 0.109. The molecule has 7 nitrogen and oxygen atoms in total. The van der Waals surface area contributed by atoms with Gasteiger partial charge in [-0.1, -0.05) is 0 Å². The number of aromatic amines is 1. The van der Waals surface area contributed by atoms with Crippen molar-refractivity contribution < 1.29 is 14.6 Å². The number of nitrogens with one attached hydrogen (secondary N) is 1. The van der Waals surface area contributed by atoms with Crippen LogP contribution in [0.2, 0.25) is 0 Å². The number of hydrogen-bond donors (Lipinski definition) is 2. The summed E-state index contributed by atoms with van der Waals surface area (Å²) in [4.78, 5) is 18.2. The second-order valence-electron chi connectivity index (χ2n) is 3.92. The summed E-state index contributed by atoms with van der Waals surface area (Å²) in [5.41, 5.74) is 1.66. The maximum absolute atomic E-state index is 10.8. The monoisotopic (exact) mass is 258 g/mol. The van der Waals surface area contributed by atoms with E-state index in [1.165, 1.54) is 17.1 Å². The molecule has 0 radical (unpaired) electrons. The molecular formula is C12H10N4O3. The lowest BCUT2D eigenvalue weighted by atomic mass is 10.3. The number of rotatable bonds is 3. The molecule has 1 aromatic carbocycles. The Bertz CT molecular complexity index is 759. The summed E-state index contributed by atoms with van der Waals surface area (Å²) in [7, 11) is 1.58. The first-order valence-electron chi connectivity index (χ1n) is 5.49. The summed E-state index contributed by atoms with van der Waals surface area (Å²) in [6, 6.07) is 5.44. The number of imidazole rings is 1. The van der Waals surface area contributed by atoms with Gasteiger partial charge in [0.05, 0.1) is 29.9 Å². The first-order valence-corrected chi connectivity index (χ1v) is 5.49. The highest BCUT2D eigenvalue weighted by Crippen LogP contribution is 2.19. The van der Waals surface area contributed by atoms with E-state index in [9.17, 15) is 4.79 Å². The Kier molecular flexibility index (Phi) is 2.45. The normalized spacial score (nSPS) is 10.8. The molecule has 0 fully saturated rings. The number of carboxylic acid groups (broad SMARTS) is 1. The van der Waals surface area contributed by atoms with Crippen LogP contribution in [0.1, 0.15) is 10.4 Å².